The molecule has 3 aromatic heterocycles. The van der Waals surface area contributed by atoms with Crippen molar-refractivity contribution in [2.45, 2.75) is 13.8 Å². The number of pyridine rings is 3. The molecule has 5 aromatic carbocycles. The molecule has 0 spiro atoms. The van der Waals surface area contributed by atoms with Crippen molar-refractivity contribution in [1.82, 2.24) is 15.0 Å². The van der Waals surface area contributed by atoms with Crippen molar-refractivity contribution in [2.24, 2.45) is 0 Å². The molecule has 3 heteroatoms. The summed E-state index contributed by atoms with van der Waals surface area (Å²) in [5.41, 5.74) is 13.3. The zero-order valence-corrected chi connectivity index (χ0v) is 24.6. The molecular formula is C41H29N3. The normalized spacial score (nSPS) is 11.4. The first kappa shape index (κ1) is 26.0. The largest absolute Gasteiger partial charge is 0.264 e. The molecule has 0 bridgehead atoms. The third-order valence-electron chi connectivity index (χ3n) is 8.62. The zero-order valence-electron chi connectivity index (χ0n) is 24.6. The van der Waals surface area contributed by atoms with Gasteiger partial charge >= 0.3 is 0 Å². The highest BCUT2D eigenvalue weighted by atomic mass is 14.8. The number of fused-ring (bicyclic) bond motifs is 4. The van der Waals surface area contributed by atoms with Crippen LogP contribution in [0.25, 0.3) is 77.3 Å². The molecule has 0 saturated carbocycles. The summed E-state index contributed by atoms with van der Waals surface area (Å²) in [7, 11) is 0. The maximum Gasteiger partial charge on any atom is 0.0972 e. The van der Waals surface area contributed by atoms with Crippen LogP contribution < -0.4 is 0 Å². The van der Waals surface area contributed by atoms with Gasteiger partial charge in [-0.2, -0.15) is 0 Å². The summed E-state index contributed by atoms with van der Waals surface area (Å²) in [6.45, 7) is 4.39. The molecule has 3 nitrogen and oxygen atoms in total. The van der Waals surface area contributed by atoms with Gasteiger partial charge in [-0.25, -0.2) is 9.97 Å². The smallest absolute Gasteiger partial charge is 0.0972 e. The Balaban J connectivity index is 1.28. The number of benzene rings is 5. The van der Waals surface area contributed by atoms with Crippen molar-refractivity contribution in [3.05, 3.63) is 151 Å². The first-order valence-electron chi connectivity index (χ1n) is 14.9. The van der Waals surface area contributed by atoms with Gasteiger partial charge in [0, 0.05) is 39.7 Å². The van der Waals surface area contributed by atoms with E-state index >= 15 is 0 Å². The predicted molar refractivity (Wildman–Crippen MR) is 184 cm³/mol. The summed E-state index contributed by atoms with van der Waals surface area (Å²) < 4.78 is 0. The van der Waals surface area contributed by atoms with Crippen LogP contribution in [-0.2, 0) is 0 Å². The molecule has 0 aliphatic carbocycles. The van der Waals surface area contributed by atoms with Gasteiger partial charge in [0.2, 0.25) is 0 Å². The lowest BCUT2D eigenvalue weighted by Crippen LogP contribution is -1.94. The molecule has 208 valence electrons. The Bertz CT molecular complexity index is 2360. The fraction of sp³-hybridized carbons (Fsp3) is 0.0488. The van der Waals surface area contributed by atoms with Crippen molar-refractivity contribution < 1.29 is 0 Å². The molecule has 44 heavy (non-hydrogen) atoms. The number of aryl methyl sites for hydroxylation is 2. The second-order valence-electron chi connectivity index (χ2n) is 11.4. The molecule has 8 rings (SSSR count). The first-order valence-corrected chi connectivity index (χ1v) is 14.9. The SMILES string of the molecule is Cc1ccc(-c2ccc3ccc4ccc(-c5ccccc5)nc4c3n2)cc1-c1c(C)cccc1-c1ccc2cnccc2c1. The number of nitrogens with zero attached hydrogens (tertiary/aromatic N) is 3. The summed E-state index contributed by atoms with van der Waals surface area (Å²) in [5.74, 6) is 0. The summed E-state index contributed by atoms with van der Waals surface area (Å²) in [4.78, 5) is 14.6. The summed E-state index contributed by atoms with van der Waals surface area (Å²) in [6.07, 6.45) is 3.77. The number of hydrogen-bond acceptors (Lipinski definition) is 3. The van der Waals surface area contributed by atoms with Gasteiger partial charge in [0.15, 0.2) is 0 Å². The van der Waals surface area contributed by atoms with Crippen molar-refractivity contribution in [2.75, 3.05) is 0 Å². The minimum Gasteiger partial charge on any atom is -0.264 e. The minimum absolute atomic E-state index is 0.919. The number of rotatable bonds is 4. The Labute approximate surface area is 256 Å². The maximum absolute atomic E-state index is 5.24. The van der Waals surface area contributed by atoms with Crippen molar-refractivity contribution >= 4 is 32.6 Å². The Morgan fingerprint density at radius 1 is 0.432 bits per heavy atom. The van der Waals surface area contributed by atoms with Gasteiger partial charge in [0.25, 0.3) is 0 Å². The van der Waals surface area contributed by atoms with E-state index in [0.29, 0.717) is 0 Å². The van der Waals surface area contributed by atoms with Crippen LogP contribution in [0.4, 0.5) is 0 Å². The van der Waals surface area contributed by atoms with Crippen molar-refractivity contribution in [3.8, 4) is 44.8 Å². The molecule has 8 aromatic rings. The van der Waals surface area contributed by atoms with E-state index in [2.05, 4.69) is 128 Å². The molecule has 0 N–H and O–H groups in total. The molecule has 0 atom stereocenters. The van der Waals surface area contributed by atoms with Crippen LogP contribution in [0.2, 0.25) is 0 Å². The molecule has 0 amide bonds. The summed E-state index contributed by atoms with van der Waals surface area (Å²) in [5, 5.41) is 4.50. The molecule has 0 aliphatic rings. The lowest BCUT2D eigenvalue weighted by Gasteiger charge is -2.17. The number of hydrogen-bond donors (Lipinski definition) is 0. The molecule has 0 unspecified atom stereocenters. The van der Waals surface area contributed by atoms with Crippen LogP contribution >= 0.6 is 0 Å². The first-order chi connectivity index (χ1) is 21.6. The number of aromatic nitrogens is 3. The quantitative estimate of drug-likeness (QED) is 0.200. The third-order valence-corrected chi connectivity index (χ3v) is 8.62. The van der Waals surface area contributed by atoms with Crippen LogP contribution in [0, 0.1) is 13.8 Å². The van der Waals surface area contributed by atoms with Crippen LogP contribution in [0.5, 0.6) is 0 Å². The molecule has 0 saturated heterocycles. The lowest BCUT2D eigenvalue weighted by atomic mass is 9.87. The van der Waals surface area contributed by atoms with Gasteiger partial charge in [-0.3, -0.25) is 4.98 Å². The molecular weight excluding hydrogens is 534 g/mol. The van der Waals surface area contributed by atoms with Gasteiger partial charge < -0.3 is 0 Å². The Hall–Kier alpha value is -5.67. The lowest BCUT2D eigenvalue weighted by molar-refractivity contribution is 1.35. The van der Waals surface area contributed by atoms with Crippen molar-refractivity contribution in [3.63, 3.8) is 0 Å². The standard InChI is InChI=1S/C41H29N3/c1-26-11-12-33(24-36(26)39-27(2)7-6-10-35(39)32-15-16-34-25-42-22-21-31(34)23-32)38-20-18-30-14-13-29-17-19-37(28-8-4-3-5-9-28)43-40(29)41(30)44-38/h3-25H,1-2H3. The van der Waals surface area contributed by atoms with E-state index < -0.39 is 0 Å². The Morgan fingerprint density at radius 2 is 1.11 bits per heavy atom. The molecule has 0 fully saturated rings. The molecule has 0 radical (unpaired) electrons. The fourth-order valence-electron chi connectivity index (χ4n) is 6.27. The van der Waals surface area contributed by atoms with Gasteiger partial charge in [0.1, 0.15) is 0 Å². The topological polar surface area (TPSA) is 38.7 Å². The highest BCUT2D eigenvalue weighted by molar-refractivity contribution is 6.04. The zero-order chi connectivity index (χ0) is 29.6. The van der Waals surface area contributed by atoms with E-state index in [0.717, 1.165) is 49.7 Å². The predicted octanol–water partition coefficient (Wildman–Crippen LogP) is 10.6. The van der Waals surface area contributed by atoms with Crippen LogP contribution in [0.3, 0.4) is 0 Å². The fourth-order valence-corrected chi connectivity index (χ4v) is 6.27. The monoisotopic (exact) mass is 563 g/mol. The molecule has 3 heterocycles. The van der Waals surface area contributed by atoms with E-state index in [1.807, 2.05) is 30.6 Å². The van der Waals surface area contributed by atoms with E-state index in [1.54, 1.807) is 0 Å². The minimum atomic E-state index is 0.919. The summed E-state index contributed by atoms with van der Waals surface area (Å²) >= 11 is 0. The van der Waals surface area contributed by atoms with Gasteiger partial charge in [0.05, 0.1) is 22.4 Å². The van der Waals surface area contributed by atoms with Gasteiger partial charge in [-0.05, 0) is 82.9 Å². The van der Waals surface area contributed by atoms with E-state index in [-0.39, 0.29) is 0 Å². The summed E-state index contributed by atoms with van der Waals surface area (Å²) in [6, 6.07) is 45.1. The maximum atomic E-state index is 5.24. The van der Waals surface area contributed by atoms with Crippen LogP contribution in [0.15, 0.2) is 140 Å². The van der Waals surface area contributed by atoms with E-state index in [1.165, 1.54) is 38.8 Å². The average Bonchev–Trinajstić information content (AvgIpc) is 3.08. The highest BCUT2D eigenvalue weighted by Gasteiger charge is 2.15. The Morgan fingerprint density at radius 3 is 1.89 bits per heavy atom. The van der Waals surface area contributed by atoms with E-state index in [9.17, 15) is 0 Å². The van der Waals surface area contributed by atoms with Gasteiger partial charge in [-0.1, -0.05) is 97.1 Å². The van der Waals surface area contributed by atoms with Crippen LogP contribution in [0.1, 0.15) is 11.1 Å². The van der Waals surface area contributed by atoms with E-state index in [4.69, 9.17) is 9.97 Å². The Kier molecular flexibility index (Phi) is 6.23. The van der Waals surface area contributed by atoms with Crippen molar-refractivity contribution in [1.29, 1.82) is 0 Å². The van der Waals surface area contributed by atoms with Crippen LogP contribution in [-0.4, -0.2) is 15.0 Å². The second-order valence-corrected chi connectivity index (χ2v) is 11.4. The van der Waals surface area contributed by atoms with Gasteiger partial charge in [-0.15, -0.1) is 0 Å². The third kappa shape index (κ3) is 4.50. The second kappa shape index (κ2) is 10.6. The average molecular weight is 564 g/mol. The highest BCUT2D eigenvalue weighted by Crippen LogP contribution is 2.39. The molecule has 0 aliphatic heterocycles.